The SMILES string of the molecule is CCCCCCCCCCSC(CCCCCCCCC)C(C)OCCCOC(O)([PH+]=O)C(=O)OC. The van der Waals surface area contributed by atoms with Gasteiger partial charge in [-0.3, -0.25) is 0 Å². The summed E-state index contributed by atoms with van der Waals surface area (Å²) in [5.74, 6) is 0.140. The summed E-state index contributed by atoms with van der Waals surface area (Å²) in [7, 11) is -0.222. The monoisotopic (exact) mass is 551 g/mol. The summed E-state index contributed by atoms with van der Waals surface area (Å²) in [6.45, 7) is 7.20. The van der Waals surface area contributed by atoms with Gasteiger partial charge in [-0.2, -0.15) is 11.8 Å². The van der Waals surface area contributed by atoms with Crippen molar-refractivity contribution >= 4 is 26.2 Å². The van der Waals surface area contributed by atoms with Crippen LogP contribution >= 0.6 is 20.2 Å². The highest BCUT2D eigenvalue weighted by Crippen LogP contribution is 2.26. The lowest BCUT2D eigenvalue weighted by molar-refractivity contribution is -0.193. The molecule has 1 N–H and O–H groups in total. The van der Waals surface area contributed by atoms with Gasteiger partial charge in [-0.25, -0.2) is 4.79 Å². The van der Waals surface area contributed by atoms with E-state index in [9.17, 15) is 14.5 Å². The molecule has 0 rings (SSSR count). The fourth-order valence-corrected chi connectivity index (χ4v) is 5.85. The van der Waals surface area contributed by atoms with Crippen molar-refractivity contribution in [2.24, 2.45) is 0 Å². The van der Waals surface area contributed by atoms with Gasteiger partial charge in [0.05, 0.1) is 19.8 Å². The minimum Gasteiger partial charge on any atom is -0.461 e. The summed E-state index contributed by atoms with van der Waals surface area (Å²) in [5, 5.41) is 10.4. The van der Waals surface area contributed by atoms with E-state index in [-0.39, 0.29) is 12.7 Å². The summed E-state index contributed by atoms with van der Waals surface area (Å²) in [5.41, 5.74) is -2.38. The van der Waals surface area contributed by atoms with Gasteiger partial charge in [0.25, 0.3) is 0 Å². The number of thioether (sulfide) groups is 1. The van der Waals surface area contributed by atoms with Crippen LogP contribution in [-0.2, 0) is 23.6 Å². The number of unbranched alkanes of at least 4 members (excludes halogenated alkanes) is 13. The van der Waals surface area contributed by atoms with Gasteiger partial charge in [0.2, 0.25) is 0 Å². The van der Waals surface area contributed by atoms with E-state index >= 15 is 0 Å². The molecule has 0 aromatic carbocycles. The van der Waals surface area contributed by atoms with E-state index < -0.39 is 20.0 Å². The van der Waals surface area contributed by atoms with E-state index in [2.05, 4.69) is 37.3 Å². The fourth-order valence-electron chi connectivity index (χ4n) is 4.15. The Morgan fingerprint density at radius 2 is 1.36 bits per heavy atom. The first-order valence-corrected chi connectivity index (χ1v) is 16.5. The normalized spacial score (nSPS) is 15.0. The zero-order valence-corrected chi connectivity index (χ0v) is 25.5. The Bertz CT molecular complexity index is 524. The van der Waals surface area contributed by atoms with Crippen molar-refractivity contribution in [2.75, 3.05) is 26.1 Å². The first-order valence-electron chi connectivity index (χ1n) is 14.5. The predicted octanol–water partition coefficient (Wildman–Crippen LogP) is 8.02. The molecule has 0 aliphatic rings. The minimum atomic E-state index is -2.38. The van der Waals surface area contributed by atoms with Crippen LogP contribution in [-0.4, -0.2) is 54.0 Å². The van der Waals surface area contributed by atoms with E-state index in [1.165, 1.54) is 108 Å². The molecule has 4 unspecified atom stereocenters. The van der Waals surface area contributed by atoms with Gasteiger partial charge in [-0.05, 0) is 31.9 Å². The van der Waals surface area contributed by atoms with E-state index in [1.807, 2.05) is 0 Å². The first-order chi connectivity index (χ1) is 17.4. The van der Waals surface area contributed by atoms with Gasteiger partial charge in [0.1, 0.15) is 0 Å². The average molecular weight is 552 g/mol. The molecule has 4 atom stereocenters. The van der Waals surface area contributed by atoms with Gasteiger partial charge in [0.15, 0.2) is 0 Å². The summed E-state index contributed by atoms with van der Waals surface area (Å²) in [6, 6.07) is 0. The molecule has 0 saturated carbocycles. The third kappa shape index (κ3) is 19.0. The molecule has 0 heterocycles. The molecule has 0 aliphatic heterocycles. The van der Waals surface area contributed by atoms with Crippen LogP contribution in [0.15, 0.2) is 0 Å². The molecule has 36 heavy (non-hydrogen) atoms. The van der Waals surface area contributed by atoms with E-state index in [0.717, 1.165) is 7.11 Å². The molecule has 0 fully saturated rings. The fraction of sp³-hybridized carbons (Fsp3) is 0.964. The largest absolute Gasteiger partial charge is 0.470 e. The van der Waals surface area contributed by atoms with Gasteiger partial charge in [-0.15, -0.1) is 0 Å². The lowest BCUT2D eigenvalue weighted by atomic mass is 10.1. The van der Waals surface area contributed by atoms with Crippen molar-refractivity contribution in [1.29, 1.82) is 0 Å². The maximum Gasteiger partial charge on any atom is 0.470 e. The molecule has 8 heteroatoms. The van der Waals surface area contributed by atoms with Crippen molar-refractivity contribution in [1.82, 2.24) is 0 Å². The Kier molecular flexibility index (Phi) is 25.0. The van der Waals surface area contributed by atoms with Gasteiger partial charge < -0.3 is 19.3 Å². The van der Waals surface area contributed by atoms with Crippen LogP contribution in [0.25, 0.3) is 0 Å². The second kappa shape index (κ2) is 25.1. The van der Waals surface area contributed by atoms with Crippen molar-refractivity contribution < 1.29 is 28.7 Å². The molecule has 0 aromatic heterocycles. The van der Waals surface area contributed by atoms with E-state index in [4.69, 9.17) is 9.47 Å². The van der Waals surface area contributed by atoms with Crippen LogP contribution in [0.2, 0.25) is 0 Å². The average Bonchev–Trinajstić information content (AvgIpc) is 2.89. The number of esters is 1. The quantitative estimate of drug-likeness (QED) is 0.0479. The van der Waals surface area contributed by atoms with E-state index in [0.29, 0.717) is 18.3 Å². The Morgan fingerprint density at radius 1 is 0.833 bits per heavy atom. The lowest BCUT2D eigenvalue weighted by Crippen LogP contribution is -2.37. The van der Waals surface area contributed by atoms with E-state index in [1.54, 1.807) is 0 Å². The molecule has 6 nitrogen and oxygen atoms in total. The Hall–Kier alpha value is -0.200. The highest BCUT2D eigenvalue weighted by molar-refractivity contribution is 7.99. The van der Waals surface area contributed by atoms with Gasteiger partial charge in [0, 0.05) is 11.9 Å². The number of carbonyl (C=O) groups excluding carboxylic acids is 1. The first kappa shape index (κ1) is 35.8. The topological polar surface area (TPSA) is 82.1 Å². The molecule has 0 aliphatic carbocycles. The van der Waals surface area contributed by atoms with Crippen molar-refractivity contribution in [3.8, 4) is 0 Å². The summed E-state index contributed by atoms with van der Waals surface area (Å²) >= 11 is 2.05. The summed E-state index contributed by atoms with van der Waals surface area (Å²) in [4.78, 5) is 11.5. The van der Waals surface area contributed by atoms with Gasteiger partial charge in [-0.1, -0.05) is 108 Å². The lowest BCUT2D eigenvalue weighted by Gasteiger charge is -2.24. The number of hydrogen-bond donors (Lipinski definition) is 1. The molecular formula is C28H56O6PS+. The smallest absolute Gasteiger partial charge is 0.461 e. The molecular weight excluding hydrogens is 495 g/mol. The van der Waals surface area contributed by atoms with Crippen LogP contribution in [0.3, 0.4) is 0 Å². The maximum absolute atomic E-state index is 11.5. The Balaban J connectivity index is 4.33. The second-order valence-corrected chi connectivity index (χ2v) is 12.0. The maximum atomic E-state index is 11.5. The molecule has 0 saturated heterocycles. The van der Waals surface area contributed by atoms with Crippen molar-refractivity contribution in [2.45, 2.75) is 147 Å². The summed E-state index contributed by atoms with van der Waals surface area (Å²) < 4.78 is 26.8. The Morgan fingerprint density at radius 3 is 1.89 bits per heavy atom. The second-order valence-electron chi connectivity index (χ2n) is 9.81. The highest BCUT2D eigenvalue weighted by Gasteiger charge is 2.48. The Labute approximate surface area is 227 Å². The van der Waals surface area contributed by atoms with Gasteiger partial charge >= 0.3 is 20.0 Å². The zero-order chi connectivity index (χ0) is 26.9. The number of aliphatic hydroxyl groups is 1. The number of rotatable bonds is 27. The van der Waals surface area contributed by atoms with Crippen molar-refractivity contribution in [3.63, 3.8) is 0 Å². The molecule has 0 amide bonds. The van der Waals surface area contributed by atoms with Crippen LogP contribution in [0.1, 0.15) is 130 Å². The molecule has 0 spiro atoms. The van der Waals surface area contributed by atoms with Crippen molar-refractivity contribution in [3.05, 3.63) is 0 Å². The number of methoxy groups -OCH3 is 1. The van der Waals surface area contributed by atoms with Crippen LogP contribution in [0, 0.1) is 0 Å². The minimum absolute atomic E-state index is 0.0708. The van der Waals surface area contributed by atoms with Crippen LogP contribution in [0.5, 0.6) is 0 Å². The highest BCUT2D eigenvalue weighted by atomic mass is 32.2. The number of carbonyl (C=O) groups is 1. The zero-order valence-electron chi connectivity index (χ0n) is 23.7. The molecule has 214 valence electrons. The third-order valence-electron chi connectivity index (χ3n) is 6.53. The number of ether oxygens (including phenoxy) is 3. The number of hydrogen-bond acceptors (Lipinski definition) is 7. The van der Waals surface area contributed by atoms with Crippen LogP contribution < -0.4 is 0 Å². The predicted molar refractivity (Wildman–Crippen MR) is 153 cm³/mol. The standard InChI is InChI=1S/C28H55O6PS/c1-5-7-9-11-13-15-17-19-24-36-26(21-18-16-14-12-10-8-6-2)25(3)33-22-20-23-34-28(30,35-31)27(29)32-4/h25-26,30H,5-24H2,1-4H3/p+1. The summed E-state index contributed by atoms with van der Waals surface area (Å²) in [6.07, 6.45) is 21.7. The van der Waals surface area contributed by atoms with Crippen LogP contribution in [0.4, 0.5) is 0 Å². The third-order valence-corrected chi connectivity index (χ3v) is 8.72. The molecule has 0 bridgehead atoms. The molecule has 0 radical (unpaired) electrons. The molecule has 0 aromatic rings.